The van der Waals surface area contributed by atoms with Gasteiger partial charge in [0.15, 0.2) is 0 Å². The van der Waals surface area contributed by atoms with Gasteiger partial charge in [-0.25, -0.2) is 4.90 Å². The zero-order valence-corrected chi connectivity index (χ0v) is 9.38. The Morgan fingerprint density at radius 3 is 2.60 bits per heavy atom. The van der Waals surface area contributed by atoms with Crippen molar-refractivity contribution in [2.45, 2.75) is 19.1 Å². The van der Waals surface area contributed by atoms with Crippen molar-refractivity contribution >= 4 is 28.6 Å². The molecule has 0 N–H and O–H groups in total. The van der Waals surface area contributed by atoms with Crippen molar-refractivity contribution in [3.8, 4) is 0 Å². The Morgan fingerprint density at radius 2 is 2.07 bits per heavy atom. The second kappa shape index (κ2) is 3.70. The van der Waals surface area contributed by atoms with Gasteiger partial charge < -0.3 is 0 Å². The van der Waals surface area contributed by atoms with Crippen molar-refractivity contribution in [3.63, 3.8) is 0 Å². The van der Waals surface area contributed by atoms with Gasteiger partial charge in [0.2, 0.25) is 5.91 Å². The first-order valence-corrected chi connectivity index (χ1v) is 5.59. The maximum Gasteiger partial charge on any atom is 0.293 e. The lowest BCUT2D eigenvalue weighted by Gasteiger charge is -2.13. The Labute approximate surface area is 92.5 Å². The van der Waals surface area contributed by atoms with Crippen LogP contribution in [0.5, 0.6) is 0 Å². The van der Waals surface area contributed by atoms with Crippen molar-refractivity contribution in [2.24, 2.45) is 0 Å². The molecule has 1 fully saturated rings. The summed E-state index contributed by atoms with van der Waals surface area (Å²) >= 11 is 1.07. The van der Waals surface area contributed by atoms with E-state index < -0.39 is 0 Å². The molecule has 78 valence electrons. The van der Waals surface area contributed by atoms with E-state index in [4.69, 9.17) is 0 Å². The van der Waals surface area contributed by atoms with E-state index in [1.165, 1.54) is 4.90 Å². The average Bonchev–Trinajstić information content (AvgIpc) is 2.41. The molecule has 0 aromatic heterocycles. The third-order valence-corrected chi connectivity index (χ3v) is 3.23. The minimum absolute atomic E-state index is 0.129. The van der Waals surface area contributed by atoms with E-state index in [2.05, 4.69) is 0 Å². The van der Waals surface area contributed by atoms with Gasteiger partial charge in [0.25, 0.3) is 5.24 Å². The van der Waals surface area contributed by atoms with E-state index >= 15 is 0 Å². The van der Waals surface area contributed by atoms with Crippen molar-refractivity contribution in [2.75, 3.05) is 4.90 Å². The van der Waals surface area contributed by atoms with Crippen LogP contribution in [0.3, 0.4) is 0 Å². The third-order valence-electron chi connectivity index (χ3n) is 2.29. The minimum atomic E-state index is -0.266. The molecule has 2 rings (SSSR count). The maximum atomic E-state index is 11.7. The second-order valence-corrected chi connectivity index (χ2v) is 4.83. The predicted molar refractivity (Wildman–Crippen MR) is 61.1 cm³/mol. The van der Waals surface area contributed by atoms with E-state index in [0.29, 0.717) is 5.69 Å². The molecule has 1 heterocycles. The van der Waals surface area contributed by atoms with Crippen molar-refractivity contribution < 1.29 is 9.59 Å². The van der Waals surface area contributed by atoms with Crippen molar-refractivity contribution in [3.05, 3.63) is 29.8 Å². The SMILES string of the molecule is Cc1cccc(N2C(=O)SC(C)C2=O)c1. The van der Waals surface area contributed by atoms with Crippen LogP contribution in [0.15, 0.2) is 24.3 Å². The quantitative estimate of drug-likeness (QED) is 0.731. The topological polar surface area (TPSA) is 37.4 Å². The highest BCUT2D eigenvalue weighted by Gasteiger charge is 2.37. The predicted octanol–water partition coefficient (Wildman–Crippen LogP) is 2.58. The Balaban J connectivity index is 2.39. The fourth-order valence-corrected chi connectivity index (χ4v) is 2.34. The molecule has 15 heavy (non-hydrogen) atoms. The van der Waals surface area contributed by atoms with Gasteiger partial charge in [0, 0.05) is 0 Å². The van der Waals surface area contributed by atoms with Gasteiger partial charge in [-0.05, 0) is 31.5 Å². The van der Waals surface area contributed by atoms with Gasteiger partial charge in [0.05, 0.1) is 10.9 Å². The molecule has 1 unspecified atom stereocenters. The molecular formula is C11H11NO2S. The van der Waals surface area contributed by atoms with Crippen LogP contribution in [0.1, 0.15) is 12.5 Å². The average molecular weight is 221 g/mol. The molecule has 0 bridgehead atoms. The van der Waals surface area contributed by atoms with Gasteiger partial charge in [-0.15, -0.1) is 0 Å². The smallest absolute Gasteiger partial charge is 0.273 e. The first-order chi connectivity index (χ1) is 7.09. The first kappa shape index (κ1) is 10.2. The number of imide groups is 1. The van der Waals surface area contributed by atoms with E-state index in [-0.39, 0.29) is 16.4 Å². The zero-order chi connectivity index (χ0) is 11.0. The molecule has 1 aliphatic rings. The Morgan fingerprint density at radius 1 is 1.33 bits per heavy atom. The molecule has 1 saturated heterocycles. The molecule has 0 saturated carbocycles. The van der Waals surface area contributed by atoms with Gasteiger partial charge in [-0.2, -0.15) is 0 Å². The summed E-state index contributed by atoms with van der Waals surface area (Å²) in [5.74, 6) is -0.129. The highest BCUT2D eigenvalue weighted by atomic mass is 32.2. The van der Waals surface area contributed by atoms with Crippen LogP contribution in [0.4, 0.5) is 10.5 Å². The molecule has 4 heteroatoms. The Kier molecular flexibility index (Phi) is 2.52. The number of aryl methyl sites for hydroxylation is 1. The summed E-state index contributed by atoms with van der Waals surface area (Å²) < 4.78 is 0. The second-order valence-electron chi connectivity index (χ2n) is 3.54. The lowest BCUT2D eigenvalue weighted by molar-refractivity contribution is -0.116. The number of thioether (sulfide) groups is 1. The number of nitrogens with zero attached hydrogens (tertiary/aromatic N) is 1. The maximum absolute atomic E-state index is 11.7. The molecule has 0 spiro atoms. The van der Waals surface area contributed by atoms with Crippen LogP contribution in [-0.2, 0) is 4.79 Å². The monoisotopic (exact) mass is 221 g/mol. The van der Waals surface area contributed by atoms with Crippen LogP contribution in [-0.4, -0.2) is 16.4 Å². The van der Waals surface area contributed by atoms with E-state index in [0.717, 1.165) is 17.3 Å². The summed E-state index contributed by atoms with van der Waals surface area (Å²) in [5, 5.41) is -0.448. The molecule has 3 nitrogen and oxygen atoms in total. The molecular weight excluding hydrogens is 210 g/mol. The number of carbonyl (C=O) groups is 2. The summed E-state index contributed by atoms with van der Waals surface area (Å²) in [7, 11) is 0. The summed E-state index contributed by atoms with van der Waals surface area (Å²) in [5.41, 5.74) is 1.71. The van der Waals surface area contributed by atoms with E-state index in [1.54, 1.807) is 13.0 Å². The number of carbonyl (C=O) groups excluding carboxylic acids is 2. The lowest BCUT2D eigenvalue weighted by Crippen LogP contribution is -2.30. The summed E-state index contributed by atoms with van der Waals surface area (Å²) in [6.07, 6.45) is 0. The van der Waals surface area contributed by atoms with E-state index in [1.807, 2.05) is 25.1 Å². The van der Waals surface area contributed by atoms with Gasteiger partial charge in [-0.1, -0.05) is 23.9 Å². The number of benzene rings is 1. The number of hydrogen-bond donors (Lipinski definition) is 0. The largest absolute Gasteiger partial charge is 0.293 e. The van der Waals surface area contributed by atoms with Crippen LogP contribution in [0.25, 0.3) is 0 Å². The van der Waals surface area contributed by atoms with Gasteiger partial charge in [0.1, 0.15) is 0 Å². The fraction of sp³-hybridized carbons (Fsp3) is 0.273. The normalized spacial score (nSPS) is 21.2. The van der Waals surface area contributed by atoms with Gasteiger partial charge >= 0.3 is 0 Å². The Hall–Kier alpha value is -1.29. The number of rotatable bonds is 1. The fourth-order valence-electron chi connectivity index (χ4n) is 1.53. The molecule has 0 radical (unpaired) electrons. The number of hydrogen-bond acceptors (Lipinski definition) is 3. The molecule has 1 aromatic rings. The highest BCUT2D eigenvalue weighted by Crippen LogP contribution is 2.31. The molecule has 1 aromatic carbocycles. The standard InChI is InChI=1S/C11H11NO2S/c1-7-4-3-5-9(6-7)12-10(13)8(2)15-11(12)14/h3-6,8H,1-2H3. The van der Waals surface area contributed by atoms with Crippen LogP contribution in [0, 0.1) is 6.92 Å². The molecule has 1 atom stereocenters. The van der Waals surface area contributed by atoms with Crippen LogP contribution >= 0.6 is 11.8 Å². The molecule has 2 amide bonds. The summed E-state index contributed by atoms with van der Waals surface area (Å²) in [6, 6.07) is 7.40. The third kappa shape index (κ3) is 1.77. The van der Waals surface area contributed by atoms with Gasteiger partial charge in [-0.3, -0.25) is 9.59 Å². The minimum Gasteiger partial charge on any atom is -0.273 e. The van der Waals surface area contributed by atoms with Crippen molar-refractivity contribution in [1.82, 2.24) is 0 Å². The first-order valence-electron chi connectivity index (χ1n) is 4.71. The zero-order valence-electron chi connectivity index (χ0n) is 8.56. The van der Waals surface area contributed by atoms with Crippen LogP contribution in [0.2, 0.25) is 0 Å². The van der Waals surface area contributed by atoms with E-state index in [9.17, 15) is 9.59 Å². The molecule has 0 aliphatic carbocycles. The Bertz CT molecular complexity index is 430. The van der Waals surface area contributed by atoms with Crippen LogP contribution < -0.4 is 4.90 Å². The molecule has 1 aliphatic heterocycles. The summed E-state index contributed by atoms with van der Waals surface area (Å²) in [6.45, 7) is 3.69. The lowest BCUT2D eigenvalue weighted by atomic mass is 10.2. The number of amides is 2. The summed E-state index contributed by atoms with van der Waals surface area (Å²) in [4.78, 5) is 24.5. The van der Waals surface area contributed by atoms with Crippen molar-refractivity contribution in [1.29, 1.82) is 0 Å². The number of anilines is 1. The highest BCUT2D eigenvalue weighted by molar-refractivity contribution is 8.15.